The number of alkyl halides is 1. The van der Waals surface area contributed by atoms with E-state index in [4.69, 9.17) is 0 Å². The highest BCUT2D eigenvalue weighted by Gasteiger charge is 2.13. The van der Waals surface area contributed by atoms with Gasteiger partial charge < -0.3 is 15.0 Å². The molecule has 1 aromatic rings. The molecule has 0 bridgehead atoms. The molecule has 1 aliphatic rings. The number of rotatable bonds is 4. The molecule has 0 aliphatic carbocycles. The minimum atomic E-state index is -0.539. The standard InChI is InChI=1S/C18H18FN3O/c1-20-18-15(9-10-19)13-16(21-18)6-3-14-4-7-17(8-5-14)22(2)11-12-23/h4-5,7-9,12-13H,10-11H2,1-2H3,(H,20,21)/b15-9-. The Kier molecular flexibility index (Phi) is 5.70. The monoisotopic (exact) mass is 311 g/mol. The Bertz CT molecular complexity index is 721. The van der Waals surface area contributed by atoms with E-state index in [9.17, 15) is 9.18 Å². The van der Waals surface area contributed by atoms with E-state index in [0.29, 0.717) is 23.7 Å². The van der Waals surface area contributed by atoms with Crippen LogP contribution in [0.1, 0.15) is 5.56 Å². The van der Waals surface area contributed by atoms with Crippen molar-refractivity contribution in [3.8, 4) is 11.8 Å². The van der Waals surface area contributed by atoms with Gasteiger partial charge in [-0.2, -0.15) is 0 Å². The summed E-state index contributed by atoms with van der Waals surface area (Å²) in [6, 6.07) is 7.62. The summed E-state index contributed by atoms with van der Waals surface area (Å²) in [4.78, 5) is 16.4. The number of nitrogens with one attached hydrogen (secondary N) is 1. The molecule has 0 radical (unpaired) electrons. The molecule has 0 aromatic heterocycles. The van der Waals surface area contributed by atoms with Gasteiger partial charge in [0.1, 0.15) is 18.8 Å². The number of anilines is 1. The van der Waals surface area contributed by atoms with Gasteiger partial charge in [-0.1, -0.05) is 5.92 Å². The van der Waals surface area contributed by atoms with Crippen LogP contribution >= 0.6 is 0 Å². The third kappa shape index (κ3) is 4.30. The third-order valence-electron chi connectivity index (χ3n) is 3.34. The topological polar surface area (TPSA) is 44.7 Å². The first-order valence-corrected chi connectivity index (χ1v) is 7.16. The molecule has 0 saturated heterocycles. The van der Waals surface area contributed by atoms with Crippen molar-refractivity contribution in [2.45, 2.75) is 0 Å². The van der Waals surface area contributed by atoms with E-state index in [1.807, 2.05) is 36.2 Å². The molecule has 1 aromatic carbocycles. The van der Waals surface area contributed by atoms with Crippen LogP contribution in [0.4, 0.5) is 10.1 Å². The zero-order valence-corrected chi connectivity index (χ0v) is 13.1. The fraction of sp³-hybridized carbons (Fsp3) is 0.222. The summed E-state index contributed by atoms with van der Waals surface area (Å²) in [6.45, 7) is -0.187. The Hall–Kier alpha value is -2.87. The van der Waals surface area contributed by atoms with Gasteiger partial charge in [0.05, 0.1) is 12.2 Å². The number of hydrogen-bond acceptors (Lipinski definition) is 3. The van der Waals surface area contributed by atoms with Crippen molar-refractivity contribution in [3.05, 3.63) is 53.3 Å². The first-order valence-electron chi connectivity index (χ1n) is 7.16. The van der Waals surface area contributed by atoms with Crippen molar-refractivity contribution in [2.75, 3.05) is 32.2 Å². The largest absolute Gasteiger partial charge is 0.368 e. The van der Waals surface area contributed by atoms with E-state index in [2.05, 4.69) is 22.2 Å². The molecule has 2 rings (SSSR count). The Morgan fingerprint density at radius 3 is 2.65 bits per heavy atom. The Morgan fingerprint density at radius 2 is 2.04 bits per heavy atom. The van der Waals surface area contributed by atoms with E-state index < -0.39 is 6.67 Å². The van der Waals surface area contributed by atoms with E-state index in [1.54, 1.807) is 13.1 Å². The molecule has 0 atom stereocenters. The van der Waals surface area contributed by atoms with Crippen molar-refractivity contribution in [1.29, 1.82) is 0 Å². The smallest absolute Gasteiger partial charge is 0.139 e. The fourth-order valence-electron chi connectivity index (χ4n) is 2.11. The number of hydrogen-bond donors (Lipinski definition) is 1. The van der Waals surface area contributed by atoms with Crippen LogP contribution in [0, 0.1) is 11.8 Å². The molecule has 118 valence electrons. The van der Waals surface area contributed by atoms with E-state index >= 15 is 0 Å². The molecular weight excluding hydrogens is 293 g/mol. The molecule has 0 saturated carbocycles. The molecule has 1 heterocycles. The van der Waals surface area contributed by atoms with Crippen LogP contribution in [-0.4, -0.2) is 39.4 Å². The molecule has 0 unspecified atom stereocenters. The van der Waals surface area contributed by atoms with Crippen LogP contribution in [0.2, 0.25) is 0 Å². The average Bonchev–Trinajstić information content (AvgIpc) is 2.96. The third-order valence-corrected chi connectivity index (χ3v) is 3.34. The number of aldehydes is 1. The van der Waals surface area contributed by atoms with Gasteiger partial charge in [0, 0.05) is 30.9 Å². The summed E-state index contributed by atoms with van der Waals surface area (Å²) in [7, 11) is 3.50. The van der Waals surface area contributed by atoms with Crippen LogP contribution in [0.25, 0.3) is 0 Å². The molecule has 5 heteroatoms. The molecule has 0 amide bonds. The number of aliphatic imine (C=N–C) groups is 1. The number of nitrogens with zero attached hydrogens (tertiary/aromatic N) is 2. The van der Waals surface area contributed by atoms with Gasteiger partial charge >= 0.3 is 0 Å². The van der Waals surface area contributed by atoms with Gasteiger partial charge in [0.2, 0.25) is 0 Å². The number of benzene rings is 1. The lowest BCUT2D eigenvalue weighted by molar-refractivity contribution is -0.106. The maximum absolute atomic E-state index is 12.4. The lowest BCUT2D eigenvalue weighted by Crippen LogP contribution is -2.19. The number of allylic oxidation sites excluding steroid dienone is 2. The lowest BCUT2D eigenvalue weighted by Gasteiger charge is -2.15. The average molecular weight is 311 g/mol. The lowest BCUT2D eigenvalue weighted by atomic mass is 10.2. The number of amidine groups is 1. The molecule has 4 nitrogen and oxygen atoms in total. The SMILES string of the molecule is CN=C1NC(C#Cc2ccc(N(C)CC=O)cc2)=C/C1=C/CF. The Labute approximate surface area is 135 Å². The van der Waals surface area contributed by atoms with Gasteiger partial charge in [-0.25, -0.2) is 4.39 Å². The van der Waals surface area contributed by atoms with E-state index in [1.165, 1.54) is 6.08 Å². The fourth-order valence-corrected chi connectivity index (χ4v) is 2.11. The maximum atomic E-state index is 12.4. The zero-order valence-electron chi connectivity index (χ0n) is 13.1. The number of carbonyl (C=O) groups is 1. The van der Waals surface area contributed by atoms with Crippen molar-refractivity contribution < 1.29 is 9.18 Å². The second-order valence-electron chi connectivity index (χ2n) is 4.91. The second-order valence-corrected chi connectivity index (χ2v) is 4.91. The molecule has 0 spiro atoms. The number of carbonyl (C=O) groups excluding carboxylic acids is 1. The highest BCUT2D eigenvalue weighted by molar-refractivity contribution is 6.05. The van der Waals surface area contributed by atoms with Gasteiger partial charge in [0.15, 0.2) is 0 Å². The van der Waals surface area contributed by atoms with E-state index in [0.717, 1.165) is 17.5 Å². The van der Waals surface area contributed by atoms with Crippen LogP contribution in [-0.2, 0) is 4.79 Å². The predicted octanol–water partition coefficient (Wildman–Crippen LogP) is 2.08. The van der Waals surface area contributed by atoms with Gasteiger partial charge in [0.25, 0.3) is 0 Å². The number of likely N-dealkylation sites (N-methyl/N-ethyl adjacent to an activating group) is 1. The summed E-state index contributed by atoms with van der Waals surface area (Å²) in [6.07, 6.45) is 4.10. The number of halogens is 1. The van der Waals surface area contributed by atoms with Crippen LogP contribution < -0.4 is 10.2 Å². The molecule has 0 fully saturated rings. The van der Waals surface area contributed by atoms with Gasteiger partial charge in [-0.15, -0.1) is 0 Å². The molecule has 1 aliphatic heterocycles. The Morgan fingerprint density at radius 1 is 1.30 bits per heavy atom. The van der Waals surface area contributed by atoms with Gasteiger partial charge in [-0.3, -0.25) is 4.99 Å². The minimum absolute atomic E-state index is 0.352. The highest BCUT2D eigenvalue weighted by atomic mass is 19.1. The minimum Gasteiger partial charge on any atom is -0.368 e. The van der Waals surface area contributed by atoms with Crippen LogP contribution in [0.5, 0.6) is 0 Å². The highest BCUT2D eigenvalue weighted by Crippen LogP contribution is 2.14. The first kappa shape index (κ1) is 16.5. The summed E-state index contributed by atoms with van der Waals surface area (Å²) >= 11 is 0. The van der Waals surface area contributed by atoms with Crippen LogP contribution in [0.3, 0.4) is 0 Å². The molecular formula is C18H18FN3O. The summed E-state index contributed by atoms with van der Waals surface area (Å²) in [5.41, 5.74) is 3.21. The van der Waals surface area contributed by atoms with Crippen molar-refractivity contribution in [1.82, 2.24) is 5.32 Å². The molecule has 23 heavy (non-hydrogen) atoms. The van der Waals surface area contributed by atoms with Gasteiger partial charge in [-0.05, 0) is 42.3 Å². The first-order chi connectivity index (χ1) is 11.2. The summed E-state index contributed by atoms with van der Waals surface area (Å²) < 4.78 is 12.4. The second kappa shape index (κ2) is 7.95. The Balaban J connectivity index is 2.12. The van der Waals surface area contributed by atoms with Crippen molar-refractivity contribution in [2.24, 2.45) is 4.99 Å². The zero-order chi connectivity index (χ0) is 16.7. The summed E-state index contributed by atoms with van der Waals surface area (Å²) in [5, 5.41) is 3.05. The predicted molar refractivity (Wildman–Crippen MR) is 91.3 cm³/mol. The normalized spacial score (nSPS) is 16.6. The quantitative estimate of drug-likeness (QED) is 0.684. The van der Waals surface area contributed by atoms with Crippen LogP contribution in [0.15, 0.2) is 52.7 Å². The maximum Gasteiger partial charge on any atom is 0.139 e. The molecule has 1 N–H and O–H groups in total. The van der Waals surface area contributed by atoms with Crippen molar-refractivity contribution in [3.63, 3.8) is 0 Å². The summed E-state index contributed by atoms with van der Waals surface area (Å²) in [5.74, 6) is 6.68. The van der Waals surface area contributed by atoms with Crippen molar-refractivity contribution >= 4 is 17.8 Å². The van der Waals surface area contributed by atoms with E-state index in [-0.39, 0.29) is 0 Å².